The quantitative estimate of drug-likeness (QED) is 0.814. The molecule has 2 aromatic carbocycles. The summed E-state index contributed by atoms with van der Waals surface area (Å²) in [4.78, 5) is 24.1. The van der Waals surface area contributed by atoms with Crippen molar-refractivity contribution >= 4 is 17.6 Å². The number of carbonyl (C=O) groups is 2. The first-order valence-corrected chi connectivity index (χ1v) is 7.54. The van der Waals surface area contributed by atoms with Gasteiger partial charge in [0.2, 0.25) is 0 Å². The van der Waals surface area contributed by atoms with E-state index < -0.39 is 29.7 Å². The monoisotopic (exact) mass is 367 g/mol. The van der Waals surface area contributed by atoms with Crippen molar-refractivity contribution in [3.8, 4) is 5.75 Å². The minimum absolute atomic E-state index is 0.0842. The van der Waals surface area contributed by atoms with E-state index in [0.29, 0.717) is 11.4 Å². The van der Waals surface area contributed by atoms with E-state index in [4.69, 9.17) is 9.47 Å². The number of rotatable bonds is 5. The molecule has 26 heavy (non-hydrogen) atoms. The highest BCUT2D eigenvalue weighted by molar-refractivity contribution is 5.97. The van der Waals surface area contributed by atoms with Crippen LogP contribution in [0.15, 0.2) is 48.5 Å². The molecule has 0 heterocycles. The molecule has 5 nitrogen and oxygen atoms in total. The van der Waals surface area contributed by atoms with Crippen LogP contribution in [0.4, 0.5) is 18.9 Å². The number of amides is 1. The van der Waals surface area contributed by atoms with E-state index in [0.717, 1.165) is 24.3 Å². The van der Waals surface area contributed by atoms with Crippen LogP contribution in [0.2, 0.25) is 0 Å². The summed E-state index contributed by atoms with van der Waals surface area (Å²) in [5, 5.41) is 2.56. The molecule has 0 fully saturated rings. The summed E-state index contributed by atoms with van der Waals surface area (Å²) in [6.45, 7) is 1.36. The lowest BCUT2D eigenvalue weighted by atomic mass is 10.1. The van der Waals surface area contributed by atoms with Crippen LogP contribution >= 0.6 is 0 Å². The number of nitrogens with one attached hydrogen (secondary N) is 1. The van der Waals surface area contributed by atoms with Crippen molar-refractivity contribution in [2.75, 3.05) is 12.4 Å². The van der Waals surface area contributed by atoms with Gasteiger partial charge in [0.1, 0.15) is 5.75 Å². The number of alkyl halides is 3. The Morgan fingerprint density at radius 1 is 1.08 bits per heavy atom. The number of halogens is 3. The summed E-state index contributed by atoms with van der Waals surface area (Å²) in [6.07, 6.45) is -5.64. The molecule has 1 N–H and O–H groups in total. The summed E-state index contributed by atoms with van der Waals surface area (Å²) < 4.78 is 47.6. The molecule has 1 atom stereocenters. The average Bonchev–Trinajstić information content (AvgIpc) is 2.61. The molecule has 1 amide bonds. The maximum absolute atomic E-state index is 12.5. The molecule has 2 rings (SSSR count). The Morgan fingerprint density at radius 3 is 2.31 bits per heavy atom. The molecule has 0 saturated carbocycles. The van der Waals surface area contributed by atoms with Crippen LogP contribution in [0, 0.1) is 0 Å². The number of carbonyl (C=O) groups excluding carboxylic acids is 2. The van der Waals surface area contributed by atoms with Gasteiger partial charge in [-0.05, 0) is 43.3 Å². The highest BCUT2D eigenvalue weighted by atomic mass is 19.4. The van der Waals surface area contributed by atoms with Crippen LogP contribution in [0.25, 0.3) is 0 Å². The van der Waals surface area contributed by atoms with E-state index in [-0.39, 0.29) is 5.56 Å². The third-order valence-electron chi connectivity index (χ3n) is 3.44. The first-order chi connectivity index (χ1) is 12.2. The molecule has 8 heteroatoms. The molecule has 0 aliphatic carbocycles. The molecular formula is C18H16F3NO4. The highest BCUT2D eigenvalue weighted by Crippen LogP contribution is 2.29. The number of hydrogen-bond acceptors (Lipinski definition) is 4. The minimum Gasteiger partial charge on any atom is -0.497 e. The Kier molecular flexibility index (Phi) is 5.86. The highest BCUT2D eigenvalue weighted by Gasteiger charge is 2.30. The van der Waals surface area contributed by atoms with Crippen molar-refractivity contribution in [3.05, 3.63) is 59.7 Å². The summed E-state index contributed by atoms with van der Waals surface area (Å²) >= 11 is 0. The predicted octanol–water partition coefficient (Wildman–Crippen LogP) is 3.90. The van der Waals surface area contributed by atoms with Gasteiger partial charge in [0, 0.05) is 11.8 Å². The number of hydrogen-bond donors (Lipinski definition) is 1. The van der Waals surface area contributed by atoms with Gasteiger partial charge < -0.3 is 14.8 Å². The second kappa shape index (κ2) is 7.90. The van der Waals surface area contributed by atoms with Gasteiger partial charge in [0.05, 0.1) is 18.2 Å². The molecule has 0 aromatic heterocycles. The van der Waals surface area contributed by atoms with E-state index in [1.807, 2.05) is 0 Å². The number of benzene rings is 2. The third-order valence-corrected chi connectivity index (χ3v) is 3.44. The lowest BCUT2D eigenvalue weighted by Crippen LogP contribution is -2.30. The fourth-order valence-electron chi connectivity index (χ4n) is 2.02. The SMILES string of the molecule is COc1cccc(NC(=O)[C@H](C)OC(=O)c2ccc(C(F)(F)F)cc2)c1. The van der Waals surface area contributed by atoms with Gasteiger partial charge in [0.25, 0.3) is 5.91 Å². The number of anilines is 1. The van der Waals surface area contributed by atoms with E-state index >= 15 is 0 Å². The van der Waals surface area contributed by atoms with Gasteiger partial charge in [-0.3, -0.25) is 4.79 Å². The van der Waals surface area contributed by atoms with E-state index in [1.165, 1.54) is 14.0 Å². The van der Waals surface area contributed by atoms with E-state index in [2.05, 4.69) is 5.32 Å². The van der Waals surface area contributed by atoms with Crippen LogP contribution in [0.5, 0.6) is 5.75 Å². The lowest BCUT2D eigenvalue weighted by Gasteiger charge is -2.14. The van der Waals surface area contributed by atoms with Gasteiger partial charge in [0.15, 0.2) is 6.10 Å². The number of ether oxygens (including phenoxy) is 2. The zero-order valence-corrected chi connectivity index (χ0v) is 14.0. The van der Waals surface area contributed by atoms with Crippen molar-refractivity contribution in [1.29, 1.82) is 0 Å². The fraction of sp³-hybridized carbons (Fsp3) is 0.222. The van der Waals surface area contributed by atoms with E-state index in [1.54, 1.807) is 24.3 Å². The largest absolute Gasteiger partial charge is 0.497 e. The molecule has 138 valence electrons. The van der Waals surface area contributed by atoms with Gasteiger partial charge in [-0.1, -0.05) is 6.07 Å². The minimum atomic E-state index is -4.49. The molecule has 0 radical (unpaired) electrons. The second-order valence-corrected chi connectivity index (χ2v) is 5.34. The van der Waals surface area contributed by atoms with Crippen molar-refractivity contribution in [1.82, 2.24) is 0 Å². The molecule has 0 saturated heterocycles. The van der Waals surface area contributed by atoms with Gasteiger partial charge in [-0.2, -0.15) is 13.2 Å². The third kappa shape index (κ3) is 4.98. The Balaban J connectivity index is 1.98. The summed E-state index contributed by atoms with van der Waals surface area (Å²) in [5.41, 5.74) is -0.510. The van der Waals surface area contributed by atoms with Crippen LogP contribution < -0.4 is 10.1 Å². The van der Waals surface area contributed by atoms with Crippen LogP contribution in [0.1, 0.15) is 22.8 Å². The summed E-state index contributed by atoms with van der Waals surface area (Å²) in [5.74, 6) is -0.942. The fourth-order valence-corrected chi connectivity index (χ4v) is 2.02. The molecular weight excluding hydrogens is 351 g/mol. The Bertz CT molecular complexity index is 788. The van der Waals surface area contributed by atoms with Gasteiger partial charge in [-0.25, -0.2) is 4.79 Å². The van der Waals surface area contributed by atoms with Gasteiger partial charge in [-0.15, -0.1) is 0 Å². The molecule has 2 aromatic rings. The van der Waals surface area contributed by atoms with Crippen LogP contribution in [-0.4, -0.2) is 25.1 Å². The normalized spacial score (nSPS) is 12.2. The van der Waals surface area contributed by atoms with Crippen LogP contribution in [-0.2, 0) is 15.7 Å². The number of methoxy groups -OCH3 is 1. The van der Waals surface area contributed by atoms with Crippen molar-refractivity contribution in [2.45, 2.75) is 19.2 Å². The topological polar surface area (TPSA) is 64.6 Å². The summed E-state index contributed by atoms with van der Waals surface area (Å²) in [7, 11) is 1.48. The van der Waals surface area contributed by atoms with Crippen molar-refractivity contribution in [2.24, 2.45) is 0 Å². The predicted molar refractivity (Wildman–Crippen MR) is 87.9 cm³/mol. The first-order valence-electron chi connectivity index (χ1n) is 7.54. The maximum Gasteiger partial charge on any atom is 0.416 e. The van der Waals surface area contributed by atoms with Gasteiger partial charge >= 0.3 is 12.1 Å². The maximum atomic E-state index is 12.5. The molecule has 0 bridgehead atoms. The standard InChI is InChI=1S/C18H16F3NO4/c1-11(16(23)22-14-4-3-5-15(10-14)25-2)26-17(24)12-6-8-13(9-7-12)18(19,20)21/h3-11H,1-2H3,(H,22,23)/t11-/m0/s1. The lowest BCUT2D eigenvalue weighted by molar-refractivity contribution is -0.137. The molecule has 0 aliphatic rings. The van der Waals surface area contributed by atoms with Crippen LogP contribution in [0.3, 0.4) is 0 Å². The smallest absolute Gasteiger partial charge is 0.416 e. The molecule has 0 unspecified atom stereocenters. The second-order valence-electron chi connectivity index (χ2n) is 5.34. The zero-order chi connectivity index (χ0) is 19.3. The molecule has 0 spiro atoms. The van der Waals surface area contributed by atoms with Crippen molar-refractivity contribution < 1.29 is 32.2 Å². The summed E-state index contributed by atoms with van der Waals surface area (Å²) in [6, 6.07) is 10.1. The first kappa shape index (κ1) is 19.3. The molecule has 0 aliphatic heterocycles. The Hall–Kier alpha value is -3.03. The van der Waals surface area contributed by atoms with Crippen molar-refractivity contribution in [3.63, 3.8) is 0 Å². The van der Waals surface area contributed by atoms with E-state index in [9.17, 15) is 22.8 Å². The Morgan fingerprint density at radius 2 is 1.73 bits per heavy atom. The zero-order valence-electron chi connectivity index (χ0n) is 14.0. The Labute approximate surface area is 147 Å². The average molecular weight is 367 g/mol. The number of esters is 1.